The van der Waals surface area contributed by atoms with Crippen LogP contribution >= 0.6 is 23.2 Å². The molecular weight excluding hydrogens is 449 g/mol. The Labute approximate surface area is 198 Å². The van der Waals surface area contributed by atoms with Crippen LogP contribution in [0, 0.1) is 0 Å². The lowest BCUT2D eigenvalue weighted by Gasteiger charge is -2.32. The summed E-state index contributed by atoms with van der Waals surface area (Å²) < 4.78 is 0. The van der Waals surface area contributed by atoms with E-state index in [-0.39, 0.29) is 24.4 Å². The summed E-state index contributed by atoms with van der Waals surface area (Å²) in [5, 5.41) is 6.67. The molecule has 1 aliphatic heterocycles. The molecule has 0 spiro atoms. The van der Waals surface area contributed by atoms with Gasteiger partial charge in [-0.15, -0.1) is 0 Å². The molecule has 0 bridgehead atoms. The first-order valence-electron chi connectivity index (χ1n) is 10.8. The molecule has 7 nitrogen and oxygen atoms in total. The lowest BCUT2D eigenvalue weighted by atomic mass is 10.0. The first kappa shape index (κ1) is 24.3. The Bertz CT molecular complexity index is 932. The molecule has 0 saturated carbocycles. The lowest BCUT2D eigenvalue weighted by molar-refractivity contribution is -0.132. The van der Waals surface area contributed by atoms with Gasteiger partial charge < -0.3 is 16.4 Å². The highest BCUT2D eigenvalue weighted by atomic mass is 35.5. The van der Waals surface area contributed by atoms with E-state index in [4.69, 9.17) is 28.9 Å². The van der Waals surface area contributed by atoms with Crippen molar-refractivity contribution in [1.82, 2.24) is 20.5 Å². The number of hydrogen-bond acceptors (Lipinski definition) is 5. The lowest BCUT2D eigenvalue weighted by Crippen LogP contribution is -2.54. The minimum Gasteiger partial charge on any atom is -0.384 e. The Morgan fingerprint density at radius 1 is 1.06 bits per heavy atom. The summed E-state index contributed by atoms with van der Waals surface area (Å²) >= 11 is 12.2. The minimum atomic E-state index is -0.756. The van der Waals surface area contributed by atoms with Crippen LogP contribution in [-0.2, 0) is 22.6 Å². The standard InChI is InChI=1S/C23H29Cl2N5O2/c1-15(30-9-3-2-4-10-30)22(31)29-20(12-16-5-7-18(24)19(25)11-16)23(32)28-14-17-6-8-21(26)27-13-17/h5-8,11,13,15,20H,2-4,9-10,12,14H2,1H3,(H2,26,27)(H,28,32)(H,29,31)/t15?,20-/m0/s1. The van der Waals surface area contributed by atoms with Gasteiger partial charge in [-0.25, -0.2) is 4.98 Å². The van der Waals surface area contributed by atoms with E-state index in [0.29, 0.717) is 22.3 Å². The molecule has 2 aromatic rings. The maximum absolute atomic E-state index is 13.0. The second-order valence-electron chi connectivity index (χ2n) is 8.10. The number of nitrogens with zero attached hydrogens (tertiary/aromatic N) is 2. The highest BCUT2D eigenvalue weighted by molar-refractivity contribution is 6.42. The smallest absolute Gasteiger partial charge is 0.243 e. The molecule has 1 aromatic carbocycles. The van der Waals surface area contributed by atoms with E-state index in [2.05, 4.69) is 20.5 Å². The number of carbonyl (C=O) groups is 2. The minimum absolute atomic E-state index is 0.165. The van der Waals surface area contributed by atoms with E-state index >= 15 is 0 Å². The van der Waals surface area contributed by atoms with Crippen LogP contribution in [0.25, 0.3) is 0 Å². The van der Waals surface area contributed by atoms with E-state index in [1.165, 1.54) is 6.42 Å². The van der Waals surface area contributed by atoms with Crippen molar-refractivity contribution in [3.63, 3.8) is 0 Å². The van der Waals surface area contributed by atoms with Gasteiger partial charge in [-0.05, 0) is 62.2 Å². The number of hydrogen-bond donors (Lipinski definition) is 3. The molecule has 32 heavy (non-hydrogen) atoms. The van der Waals surface area contributed by atoms with Crippen LogP contribution in [0.2, 0.25) is 10.0 Å². The zero-order valence-electron chi connectivity index (χ0n) is 18.1. The second-order valence-corrected chi connectivity index (χ2v) is 8.91. The Morgan fingerprint density at radius 2 is 1.78 bits per heavy atom. The van der Waals surface area contributed by atoms with Gasteiger partial charge in [-0.2, -0.15) is 0 Å². The van der Waals surface area contributed by atoms with Crippen LogP contribution < -0.4 is 16.4 Å². The number of nitrogens with one attached hydrogen (secondary N) is 2. The number of anilines is 1. The molecule has 1 aromatic heterocycles. The molecule has 1 fully saturated rings. The van der Waals surface area contributed by atoms with Gasteiger partial charge in [0.25, 0.3) is 0 Å². The molecule has 3 rings (SSSR count). The van der Waals surface area contributed by atoms with E-state index < -0.39 is 6.04 Å². The van der Waals surface area contributed by atoms with E-state index in [0.717, 1.165) is 37.1 Å². The van der Waals surface area contributed by atoms with Crippen molar-refractivity contribution in [2.45, 2.75) is 51.2 Å². The predicted octanol–water partition coefficient (Wildman–Crippen LogP) is 3.19. The average molecular weight is 478 g/mol. The number of aromatic nitrogens is 1. The molecule has 9 heteroatoms. The summed E-state index contributed by atoms with van der Waals surface area (Å²) in [5.74, 6) is -0.0371. The Kier molecular flexibility index (Phi) is 8.73. The van der Waals surface area contributed by atoms with Gasteiger partial charge in [0, 0.05) is 19.2 Å². The largest absolute Gasteiger partial charge is 0.384 e. The third-order valence-corrected chi connectivity index (χ3v) is 6.43. The fourth-order valence-electron chi connectivity index (χ4n) is 3.73. The quantitative estimate of drug-likeness (QED) is 0.541. The third kappa shape index (κ3) is 6.82. The van der Waals surface area contributed by atoms with Gasteiger partial charge in [0.1, 0.15) is 11.9 Å². The van der Waals surface area contributed by atoms with Crippen LogP contribution in [0.4, 0.5) is 5.82 Å². The number of likely N-dealkylation sites (tertiary alicyclic amines) is 1. The molecule has 4 N–H and O–H groups in total. The van der Waals surface area contributed by atoms with Crippen LogP contribution in [0.3, 0.4) is 0 Å². The highest BCUT2D eigenvalue weighted by Crippen LogP contribution is 2.23. The fourth-order valence-corrected chi connectivity index (χ4v) is 4.05. The predicted molar refractivity (Wildman–Crippen MR) is 127 cm³/mol. The summed E-state index contributed by atoms with van der Waals surface area (Å²) in [6, 6.07) is 7.62. The van der Waals surface area contributed by atoms with Gasteiger partial charge in [0.15, 0.2) is 0 Å². The monoisotopic (exact) mass is 477 g/mol. The number of nitrogens with two attached hydrogens (primary N) is 1. The molecule has 1 aliphatic rings. The molecule has 1 unspecified atom stereocenters. The van der Waals surface area contributed by atoms with Crippen LogP contribution in [0.1, 0.15) is 37.3 Å². The second kappa shape index (κ2) is 11.5. The van der Waals surface area contributed by atoms with E-state index in [1.807, 2.05) is 6.92 Å². The number of amides is 2. The summed E-state index contributed by atoms with van der Waals surface area (Å²) in [7, 11) is 0. The van der Waals surface area contributed by atoms with Crippen molar-refractivity contribution < 1.29 is 9.59 Å². The zero-order chi connectivity index (χ0) is 23.1. The summed E-state index contributed by atoms with van der Waals surface area (Å²) in [6.07, 6.45) is 5.26. The van der Waals surface area contributed by atoms with E-state index in [1.54, 1.807) is 36.5 Å². The van der Waals surface area contributed by atoms with Crippen molar-refractivity contribution in [2.24, 2.45) is 0 Å². The number of rotatable bonds is 8. The van der Waals surface area contributed by atoms with Gasteiger partial charge in [-0.3, -0.25) is 14.5 Å². The Hall–Kier alpha value is -2.35. The molecule has 172 valence electrons. The molecule has 2 amide bonds. The van der Waals surface area contributed by atoms with Gasteiger partial charge >= 0.3 is 0 Å². The van der Waals surface area contributed by atoms with Crippen molar-refractivity contribution in [3.05, 3.63) is 57.7 Å². The Morgan fingerprint density at radius 3 is 2.44 bits per heavy atom. The van der Waals surface area contributed by atoms with Crippen molar-refractivity contribution >= 4 is 40.8 Å². The summed E-state index contributed by atoms with van der Waals surface area (Å²) in [4.78, 5) is 32.2. The third-order valence-electron chi connectivity index (χ3n) is 5.69. The van der Waals surface area contributed by atoms with Gasteiger partial charge in [-0.1, -0.05) is 41.8 Å². The van der Waals surface area contributed by atoms with Crippen LogP contribution in [0.5, 0.6) is 0 Å². The molecular formula is C23H29Cl2N5O2. The van der Waals surface area contributed by atoms with E-state index in [9.17, 15) is 9.59 Å². The summed E-state index contributed by atoms with van der Waals surface area (Å²) in [5.41, 5.74) is 7.23. The molecule has 2 atom stereocenters. The normalized spacial score (nSPS) is 16.2. The SMILES string of the molecule is CC(C(=O)N[C@@H](Cc1ccc(Cl)c(Cl)c1)C(=O)NCc1ccc(N)nc1)N1CCCCC1. The van der Waals surface area contributed by atoms with Crippen molar-refractivity contribution in [3.8, 4) is 0 Å². The first-order valence-corrected chi connectivity index (χ1v) is 11.6. The Balaban J connectivity index is 1.70. The van der Waals surface area contributed by atoms with Crippen molar-refractivity contribution in [1.29, 1.82) is 0 Å². The number of piperidine rings is 1. The maximum atomic E-state index is 13.0. The number of carbonyl (C=O) groups excluding carboxylic acids is 2. The number of pyridine rings is 1. The molecule has 0 radical (unpaired) electrons. The van der Waals surface area contributed by atoms with Crippen LogP contribution in [-0.4, -0.2) is 46.9 Å². The number of benzene rings is 1. The fraction of sp³-hybridized carbons (Fsp3) is 0.435. The van der Waals surface area contributed by atoms with Gasteiger partial charge in [0.05, 0.1) is 16.1 Å². The summed E-state index contributed by atoms with van der Waals surface area (Å²) in [6.45, 7) is 3.95. The topological polar surface area (TPSA) is 100 Å². The number of halogens is 2. The highest BCUT2D eigenvalue weighted by Gasteiger charge is 2.27. The molecule has 1 saturated heterocycles. The first-order chi connectivity index (χ1) is 15.3. The molecule has 0 aliphatic carbocycles. The van der Waals surface area contributed by atoms with Crippen LogP contribution in [0.15, 0.2) is 36.5 Å². The zero-order valence-corrected chi connectivity index (χ0v) is 19.6. The van der Waals surface area contributed by atoms with Gasteiger partial charge in [0.2, 0.25) is 11.8 Å². The number of nitrogen functional groups attached to an aromatic ring is 1. The average Bonchev–Trinajstić information content (AvgIpc) is 2.80. The maximum Gasteiger partial charge on any atom is 0.243 e. The van der Waals surface area contributed by atoms with Crippen molar-refractivity contribution in [2.75, 3.05) is 18.8 Å². The molecule has 2 heterocycles.